The average molecular weight is 461 g/mol. The first-order valence-electron chi connectivity index (χ1n) is 10.9. The zero-order valence-electron chi connectivity index (χ0n) is 18.0. The third-order valence-corrected chi connectivity index (χ3v) is 6.38. The van der Waals surface area contributed by atoms with Crippen LogP contribution in [0.1, 0.15) is 34.5 Å². The van der Waals surface area contributed by atoms with E-state index < -0.39 is 23.5 Å². The van der Waals surface area contributed by atoms with Crippen LogP contribution in [0.15, 0.2) is 36.7 Å². The second-order valence-corrected chi connectivity index (χ2v) is 8.65. The number of anilines is 2. The Morgan fingerprint density at radius 1 is 1.15 bits per heavy atom. The number of rotatable bonds is 3. The summed E-state index contributed by atoms with van der Waals surface area (Å²) in [7, 11) is 0. The van der Waals surface area contributed by atoms with E-state index in [0.29, 0.717) is 17.4 Å². The van der Waals surface area contributed by atoms with Gasteiger partial charge >= 0.3 is 6.18 Å². The number of aryl methyl sites for hydroxylation is 1. The number of hydrogen-bond acceptors (Lipinski definition) is 4. The Kier molecular flexibility index (Phi) is 5.27. The fourth-order valence-electron chi connectivity index (χ4n) is 4.81. The lowest BCUT2D eigenvalue weighted by Crippen LogP contribution is -2.50. The first kappa shape index (κ1) is 21.7. The lowest BCUT2D eigenvalue weighted by molar-refractivity contribution is -0.136. The highest BCUT2D eigenvalue weighted by Gasteiger charge is 2.35. The van der Waals surface area contributed by atoms with Gasteiger partial charge in [-0.05, 0) is 50.6 Å². The van der Waals surface area contributed by atoms with Crippen LogP contribution in [0, 0.1) is 12.7 Å². The Bertz CT molecular complexity index is 1220. The maximum atomic E-state index is 14.9. The molecule has 0 spiro atoms. The van der Waals surface area contributed by atoms with Gasteiger partial charge in [-0.2, -0.15) is 13.2 Å². The van der Waals surface area contributed by atoms with E-state index in [0.717, 1.165) is 38.7 Å². The van der Waals surface area contributed by atoms with E-state index in [-0.39, 0.29) is 16.9 Å². The SMILES string of the molecule is Cc1cn2cc(NC(=O)c3ccc(N4CCN5CCC[C@H]5C4)cc3F)cc(C(F)(F)F)c2n1. The Hall–Kier alpha value is -3.14. The van der Waals surface area contributed by atoms with E-state index in [4.69, 9.17) is 0 Å². The Morgan fingerprint density at radius 3 is 2.73 bits per heavy atom. The number of nitrogens with zero attached hydrogens (tertiary/aromatic N) is 4. The number of hydrogen-bond donors (Lipinski definition) is 1. The molecule has 0 saturated carbocycles. The third kappa shape index (κ3) is 4.15. The van der Waals surface area contributed by atoms with Crippen LogP contribution < -0.4 is 10.2 Å². The van der Waals surface area contributed by atoms with Gasteiger partial charge in [-0.15, -0.1) is 0 Å². The number of nitrogens with one attached hydrogen (secondary N) is 1. The first-order valence-corrected chi connectivity index (χ1v) is 10.9. The summed E-state index contributed by atoms with van der Waals surface area (Å²) in [6, 6.07) is 5.67. The molecule has 33 heavy (non-hydrogen) atoms. The quantitative estimate of drug-likeness (QED) is 0.590. The number of imidazole rings is 1. The molecule has 4 heterocycles. The van der Waals surface area contributed by atoms with Crippen LogP contribution in [-0.2, 0) is 6.18 Å². The van der Waals surface area contributed by atoms with Gasteiger partial charge in [0.05, 0.1) is 16.9 Å². The van der Waals surface area contributed by atoms with Crippen LogP contribution in [-0.4, -0.2) is 52.4 Å². The predicted octanol–water partition coefficient (Wildman–Crippen LogP) is 4.34. The Balaban J connectivity index is 1.37. The minimum Gasteiger partial charge on any atom is -0.369 e. The molecule has 2 aromatic heterocycles. The standard InChI is InChI=1S/C23H23F4N5O/c1-14-11-32-12-15(9-19(21(32)28-14)23(25,26)27)29-22(33)18-5-4-16(10-20(18)24)31-8-7-30-6-2-3-17(30)13-31/h4-5,9-12,17H,2-3,6-8,13H2,1H3,(H,29,33)/t17-/m0/s1. The van der Waals surface area contributed by atoms with E-state index in [1.54, 1.807) is 13.0 Å². The highest BCUT2D eigenvalue weighted by atomic mass is 19.4. The fraction of sp³-hybridized carbons (Fsp3) is 0.391. The normalized spacial score (nSPS) is 19.2. The summed E-state index contributed by atoms with van der Waals surface area (Å²) < 4.78 is 56.6. The van der Waals surface area contributed by atoms with Crippen LogP contribution >= 0.6 is 0 Å². The fourth-order valence-corrected chi connectivity index (χ4v) is 4.81. The molecule has 2 saturated heterocycles. The molecular weight excluding hydrogens is 438 g/mol. The number of carbonyl (C=O) groups excluding carboxylic acids is 1. The van der Waals surface area contributed by atoms with Gasteiger partial charge in [0.1, 0.15) is 17.0 Å². The van der Waals surface area contributed by atoms with Crippen molar-refractivity contribution in [3.05, 3.63) is 59.3 Å². The molecule has 10 heteroatoms. The molecule has 2 fully saturated rings. The van der Waals surface area contributed by atoms with Gasteiger partial charge in [0.2, 0.25) is 0 Å². The first-order chi connectivity index (χ1) is 15.7. The lowest BCUT2D eigenvalue weighted by atomic mass is 10.1. The minimum atomic E-state index is -4.66. The number of fused-ring (bicyclic) bond motifs is 2. The second kappa shape index (κ2) is 8.02. The van der Waals surface area contributed by atoms with Crippen LogP contribution in [0.5, 0.6) is 0 Å². The highest BCUT2D eigenvalue weighted by molar-refractivity contribution is 6.04. The van der Waals surface area contributed by atoms with Gasteiger partial charge in [-0.1, -0.05) is 0 Å². The summed E-state index contributed by atoms with van der Waals surface area (Å²) in [5, 5.41) is 2.39. The molecule has 0 aliphatic carbocycles. The average Bonchev–Trinajstić information content (AvgIpc) is 3.37. The number of benzene rings is 1. The molecular formula is C23H23F4N5O. The summed E-state index contributed by atoms with van der Waals surface area (Å²) >= 11 is 0. The third-order valence-electron chi connectivity index (χ3n) is 6.38. The van der Waals surface area contributed by atoms with E-state index in [2.05, 4.69) is 20.1 Å². The topological polar surface area (TPSA) is 52.9 Å². The van der Waals surface area contributed by atoms with Gasteiger partial charge in [0.25, 0.3) is 5.91 Å². The molecule has 174 valence electrons. The van der Waals surface area contributed by atoms with E-state index in [1.807, 2.05) is 0 Å². The smallest absolute Gasteiger partial charge is 0.369 e. The van der Waals surface area contributed by atoms with Gasteiger partial charge in [-0.25, -0.2) is 9.37 Å². The summed E-state index contributed by atoms with van der Waals surface area (Å²) in [6.45, 7) is 5.20. The minimum absolute atomic E-state index is 0.0990. The number of piperazine rings is 1. The summed E-state index contributed by atoms with van der Waals surface area (Å²) in [4.78, 5) is 21.2. The predicted molar refractivity (Wildman–Crippen MR) is 116 cm³/mol. The number of amides is 1. The van der Waals surface area contributed by atoms with Crippen molar-refractivity contribution < 1.29 is 22.4 Å². The van der Waals surface area contributed by atoms with Gasteiger partial charge in [0, 0.05) is 43.8 Å². The van der Waals surface area contributed by atoms with Gasteiger partial charge in [0.15, 0.2) is 0 Å². The zero-order chi connectivity index (χ0) is 23.3. The maximum absolute atomic E-state index is 14.9. The van der Waals surface area contributed by atoms with Crippen LogP contribution in [0.25, 0.3) is 5.65 Å². The van der Waals surface area contributed by atoms with Crippen molar-refractivity contribution in [1.82, 2.24) is 14.3 Å². The van der Waals surface area contributed by atoms with E-state index >= 15 is 0 Å². The van der Waals surface area contributed by atoms with Crippen LogP contribution in [0.4, 0.5) is 28.9 Å². The van der Waals surface area contributed by atoms with Crippen molar-refractivity contribution in [2.75, 3.05) is 36.4 Å². The molecule has 0 bridgehead atoms. The van der Waals surface area contributed by atoms with Crippen molar-refractivity contribution in [3.63, 3.8) is 0 Å². The molecule has 3 aromatic rings. The zero-order valence-corrected chi connectivity index (χ0v) is 18.0. The summed E-state index contributed by atoms with van der Waals surface area (Å²) in [5.74, 6) is -1.53. The van der Waals surface area contributed by atoms with Crippen molar-refractivity contribution in [2.24, 2.45) is 0 Å². The van der Waals surface area contributed by atoms with Gasteiger partial charge < -0.3 is 14.6 Å². The maximum Gasteiger partial charge on any atom is 0.420 e. The molecule has 6 nitrogen and oxygen atoms in total. The lowest BCUT2D eigenvalue weighted by Gasteiger charge is -2.38. The molecule has 1 N–H and O–H groups in total. The molecule has 1 amide bonds. The van der Waals surface area contributed by atoms with Crippen molar-refractivity contribution in [1.29, 1.82) is 0 Å². The van der Waals surface area contributed by atoms with Crippen LogP contribution in [0.3, 0.4) is 0 Å². The Morgan fingerprint density at radius 2 is 1.97 bits per heavy atom. The molecule has 2 aliphatic rings. The summed E-state index contributed by atoms with van der Waals surface area (Å²) in [5.41, 5.74) is -0.452. The van der Waals surface area contributed by atoms with Crippen molar-refractivity contribution in [3.8, 4) is 0 Å². The highest BCUT2D eigenvalue weighted by Crippen LogP contribution is 2.34. The van der Waals surface area contributed by atoms with Crippen molar-refractivity contribution >= 4 is 22.9 Å². The Labute approximate surface area is 187 Å². The molecule has 1 atom stereocenters. The number of aromatic nitrogens is 2. The number of carbonyl (C=O) groups is 1. The molecule has 5 rings (SSSR count). The molecule has 0 unspecified atom stereocenters. The van der Waals surface area contributed by atoms with Gasteiger partial charge in [-0.3, -0.25) is 9.69 Å². The second-order valence-electron chi connectivity index (χ2n) is 8.65. The van der Waals surface area contributed by atoms with E-state index in [1.165, 1.54) is 35.3 Å². The largest absolute Gasteiger partial charge is 0.420 e. The number of halogens is 4. The summed E-state index contributed by atoms with van der Waals surface area (Å²) in [6.07, 6.45) is 0.401. The van der Waals surface area contributed by atoms with Crippen molar-refractivity contribution in [2.45, 2.75) is 32.0 Å². The van der Waals surface area contributed by atoms with Crippen LogP contribution in [0.2, 0.25) is 0 Å². The number of alkyl halides is 3. The monoisotopic (exact) mass is 461 g/mol. The molecule has 2 aliphatic heterocycles. The van der Waals surface area contributed by atoms with E-state index in [9.17, 15) is 22.4 Å². The molecule has 0 radical (unpaired) electrons. The number of pyridine rings is 1. The molecule has 1 aromatic carbocycles.